The van der Waals surface area contributed by atoms with E-state index in [0.29, 0.717) is 31.2 Å². The third kappa shape index (κ3) is 8.15. The summed E-state index contributed by atoms with van der Waals surface area (Å²) >= 11 is 0. The summed E-state index contributed by atoms with van der Waals surface area (Å²) in [7, 11) is 1.34. The van der Waals surface area contributed by atoms with Gasteiger partial charge in [0.2, 0.25) is 5.91 Å². The molecule has 0 aromatic rings. The number of hydrogen-bond donors (Lipinski definition) is 2. The van der Waals surface area contributed by atoms with E-state index in [1.165, 1.54) is 7.11 Å². The van der Waals surface area contributed by atoms with Crippen molar-refractivity contribution in [3.8, 4) is 0 Å². The van der Waals surface area contributed by atoms with Gasteiger partial charge in [-0.15, -0.1) is 0 Å². The Bertz CT molecular complexity index is 303. The van der Waals surface area contributed by atoms with Gasteiger partial charge >= 0.3 is 5.97 Å². The van der Waals surface area contributed by atoms with E-state index in [4.69, 9.17) is 10.5 Å². The molecular formula is C15H30N2O3. The fraction of sp³-hybridized carbons (Fsp3) is 0.867. The van der Waals surface area contributed by atoms with E-state index < -0.39 is 6.04 Å². The maximum absolute atomic E-state index is 12.0. The lowest BCUT2D eigenvalue weighted by Gasteiger charge is -2.21. The molecule has 0 rings (SSSR count). The Balaban J connectivity index is 4.47. The minimum Gasteiger partial charge on any atom is -0.467 e. The second-order valence-electron chi connectivity index (χ2n) is 6.21. The molecule has 2 atom stereocenters. The number of rotatable bonds is 9. The van der Waals surface area contributed by atoms with Gasteiger partial charge in [0.1, 0.15) is 6.04 Å². The molecule has 5 heteroatoms. The van der Waals surface area contributed by atoms with E-state index in [1.54, 1.807) is 0 Å². The van der Waals surface area contributed by atoms with E-state index >= 15 is 0 Å². The van der Waals surface area contributed by atoms with Crippen LogP contribution >= 0.6 is 0 Å². The van der Waals surface area contributed by atoms with E-state index in [2.05, 4.69) is 19.2 Å². The van der Waals surface area contributed by atoms with Gasteiger partial charge in [-0.3, -0.25) is 4.79 Å². The maximum atomic E-state index is 12.0. The minimum atomic E-state index is -0.565. The number of nitrogens with two attached hydrogens (primary N) is 1. The largest absolute Gasteiger partial charge is 0.467 e. The first-order chi connectivity index (χ1) is 9.29. The lowest BCUT2D eigenvalue weighted by atomic mass is 9.93. The Morgan fingerprint density at radius 2 is 1.65 bits per heavy atom. The van der Waals surface area contributed by atoms with E-state index in [9.17, 15) is 9.59 Å². The number of methoxy groups -OCH3 is 1. The summed E-state index contributed by atoms with van der Waals surface area (Å²) in [5.41, 5.74) is 5.70. The van der Waals surface area contributed by atoms with Crippen molar-refractivity contribution >= 4 is 11.9 Å². The molecule has 5 nitrogen and oxygen atoms in total. The van der Waals surface area contributed by atoms with Gasteiger partial charge in [0, 0.05) is 6.42 Å². The van der Waals surface area contributed by atoms with Crippen LogP contribution in [-0.4, -0.2) is 31.6 Å². The highest BCUT2D eigenvalue weighted by Crippen LogP contribution is 2.15. The molecule has 0 spiro atoms. The van der Waals surface area contributed by atoms with Crippen LogP contribution in [0, 0.1) is 17.8 Å². The zero-order valence-electron chi connectivity index (χ0n) is 13.4. The second-order valence-corrected chi connectivity index (χ2v) is 6.21. The molecule has 0 saturated heterocycles. The molecule has 0 aromatic carbocycles. The summed E-state index contributed by atoms with van der Waals surface area (Å²) in [6, 6.07) is -0.565. The standard InChI is InChI=1S/C15H30N2O3/c1-10(2)6-12(9-16)8-14(18)17-13(7-11(3)4)15(19)20-5/h10-13H,6-9,16H2,1-5H3,(H,17,18)/t12-,13-/m0/s1. The fourth-order valence-corrected chi connectivity index (χ4v) is 2.27. The fourth-order valence-electron chi connectivity index (χ4n) is 2.27. The normalized spacial score (nSPS) is 14.2. The lowest BCUT2D eigenvalue weighted by molar-refractivity contribution is -0.145. The Labute approximate surface area is 122 Å². The monoisotopic (exact) mass is 286 g/mol. The smallest absolute Gasteiger partial charge is 0.328 e. The highest BCUT2D eigenvalue weighted by molar-refractivity contribution is 5.84. The van der Waals surface area contributed by atoms with Gasteiger partial charge < -0.3 is 15.8 Å². The van der Waals surface area contributed by atoms with Gasteiger partial charge in [-0.1, -0.05) is 27.7 Å². The molecule has 0 radical (unpaired) electrons. The van der Waals surface area contributed by atoms with Crippen molar-refractivity contribution in [2.75, 3.05) is 13.7 Å². The van der Waals surface area contributed by atoms with Crippen LogP contribution in [0.2, 0.25) is 0 Å². The first kappa shape index (κ1) is 18.9. The summed E-state index contributed by atoms with van der Waals surface area (Å²) < 4.78 is 4.73. The van der Waals surface area contributed by atoms with Gasteiger partial charge in [-0.05, 0) is 37.1 Å². The SMILES string of the molecule is COC(=O)[C@H](CC(C)C)NC(=O)C[C@@H](CN)CC(C)C. The number of hydrogen-bond acceptors (Lipinski definition) is 4. The zero-order chi connectivity index (χ0) is 15.7. The third-order valence-corrected chi connectivity index (χ3v) is 3.14. The number of esters is 1. The highest BCUT2D eigenvalue weighted by Gasteiger charge is 2.23. The molecule has 0 aromatic heterocycles. The predicted octanol–water partition coefficient (Wildman–Crippen LogP) is 1.70. The van der Waals surface area contributed by atoms with Crippen molar-refractivity contribution in [1.29, 1.82) is 0 Å². The quantitative estimate of drug-likeness (QED) is 0.632. The van der Waals surface area contributed by atoms with Crippen molar-refractivity contribution in [2.45, 2.75) is 53.0 Å². The van der Waals surface area contributed by atoms with E-state index in [0.717, 1.165) is 6.42 Å². The summed E-state index contributed by atoms with van der Waals surface area (Å²) in [6.07, 6.45) is 1.85. The molecule has 0 aliphatic rings. The molecule has 0 fully saturated rings. The van der Waals surface area contributed by atoms with Crippen molar-refractivity contribution in [3.63, 3.8) is 0 Å². The molecule has 1 amide bonds. The number of amides is 1. The van der Waals surface area contributed by atoms with E-state index in [1.807, 2.05) is 13.8 Å². The van der Waals surface area contributed by atoms with Gasteiger partial charge in [0.25, 0.3) is 0 Å². The predicted molar refractivity (Wildman–Crippen MR) is 80.0 cm³/mol. The van der Waals surface area contributed by atoms with Crippen molar-refractivity contribution in [3.05, 3.63) is 0 Å². The van der Waals surface area contributed by atoms with Gasteiger partial charge in [0.15, 0.2) is 0 Å². The molecule has 0 bridgehead atoms. The molecule has 0 saturated carbocycles. The topological polar surface area (TPSA) is 81.4 Å². The Morgan fingerprint density at radius 1 is 1.10 bits per heavy atom. The first-order valence-corrected chi connectivity index (χ1v) is 7.37. The minimum absolute atomic E-state index is 0.128. The average molecular weight is 286 g/mol. The van der Waals surface area contributed by atoms with Crippen LogP contribution in [0.25, 0.3) is 0 Å². The van der Waals surface area contributed by atoms with Crippen molar-refractivity contribution < 1.29 is 14.3 Å². The van der Waals surface area contributed by atoms with Gasteiger partial charge in [-0.2, -0.15) is 0 Å². The van der Waals surface area contributed by atoms with Gasteiger partial charge in [0.05, 0.1) is 7.11 Å². The van der Waals surface area contributed by atoms with Crippen LogP contribution in [0.4, 0.5) is 0 Å². The Kier molecular flexibility index (Phi) is 9.21. The van der Waals surface area contributed by atoms with Crippen molar-refractivity contribution in [1.82, 2.24) is 5.32 Å². The summed E-state index contributed by atoms with van der Waals surface area (Å²) in [5, 5.41) is 2.77. The molecule has 118 valence electrons. The number of carbonyl (C=O) groups excluding carboxylic acids is 2. The van der Waals surface area contributed by atoms with Crippen LogP contribution in [0.1, 0.15) is 47.0 Å². The molecule has 0 unspecified atom stereocenters. The zero-order valence-corrected chi connectivity index (χ0v) is 13.4. The van der Waals surface area contributed by atoms with Gasteiger partial charge in [-0.25, -0.2) is 4.79 Å². The molecule has 0 aliphatic heterocycles. The van der Waals surface area contributed by atoms with Crippen LogP contribution in [0.5, 0.6) is 0 Å². The molecule has 20 heavy (non-hydrogen) atoms. The maximum Gasteiger partial charge on any atom is 0.328 e. The number of ether oxygens (including phenoxy) is 1. The number of nitrogens with one attached hydrogen (secondary N) is 1. The van der Waals surface area contributed by atoms with Crippen LogP contribution in [0.15, 0.2) is 0 Å². The van der Waals surface area contributed by atoms with Crippen molar-refractivity contribution in [2.24, 2.45) is 23.5 Å². The lowest BCUT2D eigenvalue weighted by Crippen LogP contribution is -2.43. The third-order valence-electron chi connectivity index (χ3n) is 3.14. The molecule has 0 aliphatic carbocycles. The first-order valence-electron chi connectivity index (χ1n) is 7.37. The van der Waals surface area contributed by atoms with Crippen LogP contribution < -0.4 is 11.1 Å². The highest BCUT2D eigenvalue weighted by atomic mass is 16.5. The summed E-state index contributed by atoms with van der Waals surface area (Å²) in [6.45, 7) is 8.71. The Hall–Kier alpha value is -1.10. The Morgan fingerprint density at radius 3 is 2.05 bits per heavy atom. The van der Waals surface area contributed by atoms with E-state index in [-0.39, 0.29) is 17.8 Å². The molecule has 3 N–H and O–H groups in total. The summed E-state index contributed by atoms with van der Waals surface area (Å²) in [5.74, 6) is 0.452. The van der Waals surface area contributed by atoms with Crippen LogP contribution in [0.3, 0.4) is 0 Å². The average Bonchev–Trinajstić information content (AvgIpc) is 2.34. The summed E-state index contributed by atoms with van der Waals surface area (Å²) in [4.78, 5) is 23.7. The molecule has 0 heterocycles. The van der Waals surface area contributed by atoms with Crippen LogP contribution in [-0.2, 0) is 14.3 Å². The second kappa shape index (κ2) is 9.75. The molecular weight excluding hydrogens is 256 g/mol. The number of carbonyl (C=O) groups is 2.